The average molecular weight is 306 g/mol. The van der Waals surface area contributed by atoms with Crippen molar-refractivity contribution in [3.05, 3.63) is 22.4 Å². The minimum Gasteiger partial charge on any atom is -0.465 e. The van der Waals surface area contributed by atoms with Crippen LogP contribution in [-0.4, -0.2) is 24.1 Å². The van der Waals surface area contributed by atoms with Gasteiger partial charge in [0.05, 0.1) is 34.9 Å². The number of hydrogen-bond donors (Lipinski definition) is 1. The molecule has 0 aromatic heterocycles. The maximum Gasteiger partial charge on any atom is 0.316 e. The summed E-state index contributed by atoms with van der Waals surface area (Å²) in [4.78, 5) is 23.5. The lowest BCUT2D eigenvalue weighted by molar-refractivity contribution is -0.139. The Morgan fingerprint density at radius 2 is 2.38 bits per heavy atom. The van der Waals surface area contributed by atoms with Crippen molar-refractivity contribution >= 4 is 23.5 Å². The minimum absolute atomic E-state index is 0.153. The van der Waals surface area contributed by atoms with E-state index in [1.807, 2.05) is 13.0 Å². The number of nitriles is 1. The van der Waals surface area contributed by atoms with E-state index in [0.29, 0.717) is 23.6 Å². The Morgan fingerprint density at radius 3 is 3.05 bits per heavy atom. The minimum atomic E-state index is -0.308. The molecule has 2 unspecified atom stereocenters. The summed E-state index contributed by atoms with van der Waals surface area (Å²) >= 11 is 1.26. The van der Waals surface area contributed by atoms with E-state index >= 15 is 0 Å². The molecule has 1 heterocycles. The van der Waals surface area contributed by atoms with Crippen molar-refractivity contribution in [2.45, 2.75) is 26.7 Å². The summed E-state index contributed by atoms with van der Waals surface area (Å²) < 4.78 is 4.89. The van der Waals surface area contributed by atoms with Crippen molar-refractivity contribution in [2.75, 3.05) is 12.4 Å². The van der Waals surface area contributed by atoms with Crippen molar-refractivity contribution in [3.8, 4) is 6.07 Å². The third-order valence-electron chi connectivity index (χ3n) is 3.65. The maximum atomic E-state index is 12.1. The Bertz CT molecular complexity index is 560. The first-order valence-corrected chi connectivity index (χ1v) is 7.99. The summed E-state index contributed by atoms with van der Waals surface area (Å²) in [6.45, 7) is 3.99. The zero-order valence-electron chi connectivity index (χ0n) is 12.1. The zero-order valence-corrected chi connectivity index (χ0v) is 13.0. The molecule has 0 fully saturated rings. The van der Waals surface area contributed by atoms with Crippen LogP contribution in [0.1, 0.15) is 26.7 Å². The molecule has 5 nitrogen and oxygen atoms in total. The van der Waals surface area contributed by atoms with E-state index in [-0.39, 0.29) is 29.3 Å². The van der Waals surface area contributed by atoms with Gasteiger partial charge in [0.25, 0.3) is 0 Å². The van der Waals surface area contributed by atoms with Crippen molar-refractivity contribution in [3.63, 3.8) is 0 Å². The summed E-state index contributed by atoms with van der Waals surface area (Å²) in [6.07, 6.45) is 3.27. The number of esters is 1. The number of rotatable bonds is 4. The number of hydrogen-bond acceptors (Lipinski definition) is 6. The molecule has 0 aromatic rings. The lowest BCUT2D eigenvalue weighted by Gasteiger charge is -2.34. The first-order valence-electron chi connectivity index (χ1n) is 7.01. The molecule has 0 radical (unpaired) electrons. The fraction of sp³-hybridized carbons (Fsp3) is 0.533. The van der Waals surface area contributed by atoms with E-state index in [2.05, 4.69) is 11.4 Å². The highest BCUT2D eigenvalue weighted by Crippen LogP contribution is 2.39. The van der Waals surface area contributed by atoms with Gasteiger partial charge in [0.15, 0.2) is 0 Å². The predicted molar refractivity (Wildman–Crippen MR) is 79.8 cm³/mol. The molecule has 112 valence electrons. The summed E-state index contributed by atoms with van der Waals surface area (Å²) in [6, 6.07) is 2.18. The van der Waals surface area contributed by atoms with Gasteiger partial charge in [0, 0.05) is 18.0 Å². The third-order valence-corrected chi connectivity index (χ3v) is 4.65. The Labute approximate surface area is 128 Å². The highest BCUT2D eigenvalue weighted by molar-refractivity contribution is 8.03. The summed E-state index contributed by atoms with van der Waals surface area (Å²) in [5.74, 6) is -0.382. The van der Waals surface area contributed by atoms with Crippen LogP contribution < -0.4 is 5.32 Å². The molecule has 0 aromatic carbocycles. The monoisotopic (exact) mass is 306 g/mol. The van der Waals surface area contributed by atoms with Crippen LogP contribution in [0.2, 0.25) is 0 Å². The molecule has 2 aliphatic rings. The van der Waals surface area contributed by atoms with E-state index < -0.39 is 0 Å². The Kier molecular flexibility index (Phi) is 5.07. The number of ketones is 1. The number of carbonyl (C=O) groups is 2. The van der Waals surface area contributed by atoms with Crippen LogP contribution in [0.3, 0.4) is 0 Å². The molecule has 2 rings (SSSR count). The predicted octanol–water partition coefficient (Wildman–Crippen LogP) is 2.12. The second kappa shape index (κ2) is 6.81. The average Bonchev–Trinajstić information content (AvgIpc) is 2.45. The lowest BCUT2D eigenvalue weighted by Crippen LogP contribution is -2.38. The van der Waals surface area contributed by atoms with Gasteiger partial charge in [0.2, 0.25) is 0 Å². The molecule has 2 atom stereocenters. The van der Waals surface area contributed by atoms with Gasteiger partial charge < -0.3 is 10.1 Å². The molecule has 0 amide bonds. The van der Waals surface area contributed by atoms with Crippen molar-refractivity contribution in [1.82, 2.24) is 5.32 Å². The fourth-order valence-corrected chi connectivity index (χ4v) is 3.60. The van der Waals surface area contributed by atoms with Crippen molar-refractivity contribution in [1.29, 1.82) is 5.26 Å². The van der Waals surface area contributed by atoms with Crippen LogP contribution in [0.15, 0.2) is 22.4 Å². The number of nitrogens with one attached hydrogen (secondary N) is 1. The molecule has 1 aliphatic carbocycles. The van der Waals surface area contributed by atoms with E-state index in [9.17, 15) is 14.9 Å². The molecule has 0 saturated carbocycles. The second-order valence-corrected chi connectivity index (χ2v) is 5.99. The molecule has 21 heavy (non-hydrogen) atoms. The van der Waals surface area contributed by atoms with Crippen molar-refractivity contribution in [2.24, 2.45) is 11.8 Å². The topological polar surface area (TPSA) is 79.2 Å². The molecular weight excluding hydrogens is 288 g/mol. The molecule has 1 N–H and O–H groups in total. The maximum absolute atomic E-state index is 12.1. The smallest absolute Gasteiger partial charge is 0.316 e. The third kappa shape index (κ3) is 3.30. The van der Waals surface area contributed by atoms with Crippen LogP contribution in [0.5, 0.6) is 0 Å². The van der Waals surface area contributed by atoms with Crippen LogP contribution in [0.4, 0.5) is 0 Å². The van der Waals surface area contributed by atoms with E-state index in [1.165, 1.54) is 11.8 Å². The Balaban J connectivity index is 2.19. The molecule has 1 aliphatic heterocycles. The van der Waals surface area contributed by atoms with Gasteiger partial charge in [-0.25, -0.2) is 0 Å². The van der Waals surface area contributed by atoms with E-state index in [4.69, 9.17) is 4.74 Å². The van der Waals surface area contributed by atoms with Crippen LogP contribution in [0.25, 0.3) is 0 Å². The molecular formula is C15H18N2O3S. The van der Waals surface area contributed by atoms with Crippen molar-refractivity contribution < 1.29 is 14.3 Å². The molecule has 0 spiro atoms. The van der Waals surface area contributed by atoms with E-state index in [0.717, 1.165) is 12.1 Å². The Morgan fingerprint density at radius 1 is 1.62 bits per heavy atom. The zero-order chi connectivity index (χ0) is 15.4. The number of ether oxygens (including phenoxy) is 1. The molecule has 6 heteroatoms. The normalized spacial score (nSPS) is 24.6. The fourth-order valence-electron chi connectivity index (χ4n) is 2.67. The van der Waals surface area contributed by atoms with Gasteiger partial charge in [-0.1, -0.05) is 24.8 Å². The number of nitrogens with zero attached hydrogens (tertiary/aromatic N) is 1. The van der Waals surface area contributed by atoms with Gasteiger partial charge in [0.1, 0.15) is 5.78 Å². The largest absolute Gasteiger partial charge is 0.465 e. The molecule has 0 saturated heterocycles. The summed E-state index contributed by atoms with van der Waals surface area (Å²) in [5.41, 5.74) is 1.41. The van der Waals surface area contributed by atoms with Gasteiger partial charge in [-0.15, -0.1) is 0 Å². The lowest BCUT2D eigenvalue weighted by atomic mass is 9.77. The number of fused-ring (bicyclic) bond motifs is 1. The first-order chi connectivity index (χ1) is 10.1. The number of Topliss-reactive ketones (excluding diaryl/α,β-unsaturated/α-hetero) is 1. The van der Waals surface area contributed by atoms with Gasteiger partial charge >= 0.3 is 5.97 Å². The molecule has 0 bridgehead atoms. The highest BCUT2D eigenvalue weighted by Gasteiger charge is 2.38. The van der Waals surface area contributed by atoms with Crippen LogP contribution >= 0.6 is 11.8 Å². The summed E-state index contributed by atoms with van der Waals surface area (Å²) in [7, 11) is 0. The quantitative estimate of drug-likeness (QED) is 0.801. The van der Waals surface area contributed by atoms with Crippen LogP contribution in [-0.2, 0) is 14.3 Å². The van der Waals surface area contributed by atoms with Gasteiger partial charge in [-0.3, -0.25) is 9.59 Å². The SMILES string of the molecule is CCOC(=O)CSC1=C(C#N)C(C)C2C(=O)CCC=C2N1. The standard InChI is InChI=1S/C15H18N2O3S/c1-3-20-13(19)8-21-15-10(7-16)9(2)14-11(17-15)5-4-6-12(14)18/h5,9,14,17H,3-4,6,8H2,1-2H3. The number of allylic oxidation sites excluding steroid dienone is 3. The Hall–Kier alpha value is -1.74. The first kappa shape index (κ1) is 15.6. The van der Waals surface area contributed by atoms with Crippen LogP contribution in [0, 0.1) is 23.2 Å². The number of carbonyl (C=O) groups excluding carboxylic acids is 2. The summed E-state index contributed by atoms with van der Waals surface area (Å²) in [5, 5.41) is 13.2. The van der Waals surface area contributed by atoms with Gasteiger partial charge in [-0.2, -0.15) is 5.26 Å². The van der Waals surface area contributed by atoms with E-state index in [1.54, 1.807) is 6.92 Å². The van der Waals surface area contributed by atoms with Gasteiger partial charge in [-0.05, 0) is 13.3 Å². The highest BCUT2D eigenvalue weighted by atomic mass is 32.2. The number of thioether (sulfide) groups is 1. The second-order valence-electron chi connectivity index (χ2n) is 5.00.